The van der Waals surface area contributed by atoms with E-state index in [0.29, 0.717) is 23.9 Å². The molecule has 0 unspecified atom stereocenters. The van der Waals surface area contributed by atoms with Gasteiger partial charge in [0.05, 0.1) is 13.7 Å². The van der Waals surface area contributed by atoms with Crippen LogP contribution in [-0.4, -0.2) is 31.5 Å². The summed E-state index contributed by atoms with van der Waals surface area (Å²) in [5.74, 6) is 1.86. The second-order valence-electron chi connectivity index (χ2n) is 3.02. The summed E-state index contributed by atoms with van der Waals surface area (Å²) >= 11 is 0. The molecule has 76 valence electrons. The van der Waals surface area contributed by atoms with Crippen molar-refractivity contribution in [3.63, 3.8) is 0 Å². The fourth-order valence-electron chi connectivity index (χ4n) is 1.36. The fraction of sp³-hybridized carbons (Fsp3) is 0.400. The third-order valence-electron chi connectivity index (χ3n) is 2.08. The van der Waals surface area contributed by atoms with Crippen molar-refractivity contribution >= 4 is 0 Å². The van der Waals surface area contributed by atoms with Crippen LogP contribution in [0.2, 0.25) is 0 Å². The van der Waals surface area contributed by atoms with Crippen LogP contribution in [0.1, 0.15) is 0 Å². The molecule has 1 aromatic carbocycles. The summed E-state index contributed by atoms with van der Waals surface area (Å²) in [7, 11) is 1.57. The fourth-order valence-corrected chi connectivity index (χ4v) is 1.36. The SMILES string of the molecule is COc1cccc2c1O[C@@H](CO)CO2. The molecule has 0 saturated carbocycles. The minimum atomic E-state index is -0.307. The summed E-state index contributed by atoms with van der Waals surface area (Å²) in [6, 6.07) is 5.44. The molecule has 0 amide bonds. The van der Waals surface area contributed by atoms with Crippen molar-refractivity contribution in [2.24, 2.45) is 0 Å². The molecule has 1 aliphatic heterocycles. The van der Waals surface area contributed by atoms with Crippen molar-refractivity contribution in [2.75, 3.05) is 20.3 Å². The summed E-state index contributed by atoms with van der Waals surface area (Å²) in [5.41, 5.74) is 0. The molecule has 14 heavy (non-hydrogen) atoms. The first-order valence-corrected chi connectivity index (χ1v) is 4.42. The number of aliphatic hydroxyl groups is 1. The van der Waals surface area contributed by atoms with E-state index in [-0.39, 0.29) is 12.7 Å². The Hall–Kier alpha value is -1.42. The Morgan fingerprint density at radius 1 is 1.57 bits per heavy atom. The maximum Gasteiger partial charge on any atom is 0.204 e. The lowest BCUT2D eigenvalue weighted by molar-refractivity contribution is 0.0430. The number of para-hydroxylation sites is 1. The summed E-state index contributed by atoms with van der Waals surface area (Å²) in [5, 5.41) is 8.93. The average Bonchev–Trinajstić information content (AvgIpc) is 2.27. The Morgan fingerprint density at radius 3 is 3.14 bits per heavy atom. The van der Waals surface area contributed by atoms with Crippen molar-refractivity contribution < 1.29 is 19.3 Å². The maximum atomic E-state index is 8.93. The third-order valence-corrected chi connectivity index (χ3v) is 2.08. The number of fused-ring (bicyclic) bond motifs is 1. The molecule has 0 radical (unpaired) electrons. The van der Waals surface area contributed by atoms with Gasteiger partial charge in [-0.1, -0.05) is 6.07 Å². The van der Waals surface area contributed by atoms with Crippen molar-refractivity contribution in [1.29, 1.82) is 0 Å². The highest BCUT2D eigenvalue weighted by atomic mass is 16.6. The van der Waals surface area contributed by atoms with Gasteiger partial charge in [0.2, 0.25) is 5.75 Å². The Balaban J connectivity index is 2.33. The first-order chi connectivity index (χ1) is 6.85. The molecule has 1 aliphatic rings. The van der Waals surface area contributed by atoms with E-state index in [2.05, 4.69) is 0 Å². The first-order valence-electron chi connectivity index (χ1n) is 4.42. The monoisotopic (exact) mass is 196 g/mol. The number of hydrogen-bond donors (Lipinski definition) is 1. The molecule has 0 aromatic heterocycles. The molecule has 4 nitrogen and oxygen atoms in total. The van der Waals surface area contributed by atoms with Crippen LogP contribution in [0.25, 0.3) is 0 Å². The van der Waals surface area contributed by atoms with Crippen LogP contribution in [0.5, 0.6) is 17.2 Å². The lowest BCUT2D eigenvalue weighted by atomic mass is 10.2. The predicted molar refractivity (Wildman–Crippen MR) is 50.0 cm³/mol. The quantitative estimate of drug-likeness (QED) is 0.761. The standard InChI is InChI=1S/C10H12O4/c1-12-8-3-2-4-9-10(8)14-7(5-11)6-13-9/h2-4,7,11H,5-6H2,1H3/t7-/m0/s1. The van der Waals surface area contributed by atoms with Gasteiger partial charge in [-0.3, -0.25) is 0 Å². The largest absolute Gasteiger partial charge is 0.493 e. The molecule has 0 aliphatic carbocycles. The van der Waals surface area contributed by atoms with E-state index >= 15 is 0 Å². The summed E-state index contributed by atoms with van der Waals surface area (Å²) in [6.07, 6.45) is -0.307. The predicted octanol–water partition coefficient (Wildman–Crippen LogP) is 0.827. The number of hydrogen-bond acceptors (Lipinski definition) is 4. The zero-order valence-corrected chi connectivity index (χ0v) is 7.90. The zero-order valence-electron chi connectivity index (χ0n) is 7.90. The van der Waals surface area contributed by atoms with Gasteiger partial charge in [-0.15, -0.1) is 0 Å². The number of ether oxygens (including phenoxy) is 3. The van der Waals surface area contributed by atoms with E-state index < -0.39 is 0 Å². The van der Waals surface area contributed by atoms with Crippen LogP contribution < -0.4 is 14.2 Å². The van der Waals surface area contributed by atoms with E-state index in [1.54, 1.807) is 13.2 Å². The van der Waals surface area contributed by atoms with Gasteiger partial charge < -0.3 is 19.3 Å². The van der Waals surface area contributed by atoms with Gasteiger partial charge in [0.1, 0.15) is 6.61 Å². The minimum absolute atomic E-state index is 0.0580. The van der Waals surface area contributed by atoms with Crippen LogP contribution >= 0.6 is 0 Å². The number of rotatable bonds is 2. The molecular formula is C10H12O4. The van der Waals surface area contributed by atoms with Gasteiger partial charge in [-0.05, 0) is 12.1 Å². The summed E-state index contributed by atoms with van der Waals surface area (Å²) in [4.78, 5) is 0. The van der Waals surface area contributed by atoms with Gasteiger partial charge >= 0.3 is 0 Å². The van der Waals surface area contributed by atoms with E-state index in [1.807, 2.05) is 12.1 Å². The lowest BCUT2D eigenvalue weighted by Crippen LogP contribution is -2.32. The average molecular weight is 196 g/mol. The van der Waals surface area contributed by atoms with Gasteiger partial charge in [0, 0.05) is 0 Å². The van der Waals surface area contributed by atoms with Gasteiger partial charge in [-0.2, -0.15) is 0 Å². The third kappa shape index (κ3) is 1.48. The van der Waals surface area contributed by atoms with Crippen LogP contribution in [0.15, 0.2) is 18.2 Å². The molecule has 1 atom stereocenters. The highest BCUT2D eigenvalue weighted by molar-refractivity contribution is 5.51. The molecule has 1 aromatic rings. The van der Waals surface area contributed by atoms with E-state index in [4.69, 9.17) is 19.3 Å². The molecule has 1 N–H and O–H groups in total. The van der Waals surface area contributed by atoms with E-state index in [9.17, 15) is 0 Å². The highest BCUT2D eigenvalue weighted by Gasteiger charge is 2.23. The molecule has 0 spiro atoms. The second kappa shape index (κ2) is 3.75. The molecule has 0 fully saturated rings. The zero-order chi connectivity index (χ0) is 9.97. The number of methoxy groups -OCH3 is 1. The molecule has 0 saturated heterocycles. The Morgan fingerprint density at radius 2 is 2.43 bits per heavy atom. The van der Waals surface area contributed by atoms with Gasteiger partial charge in [-0.25, -0.2) is 0 Å². The van der Waals surface area contributed by atoms with Crippen LogP contribution in [-0.2, 0) is 0 Å². The van der Waals surface area contributed by atoms with Crippen LogP contribution in [0.4, 0.5) is 0 Å². The van der Waals surface area contributed by atoms with Crippen molar-refractivity contribution in [3.8, 4) is 17.2 Å². The van der Waals surface area contributed by atoms with E-state index in [0.717, 1.165) is 0 Å². The maximum absolute atomic E-state index is 8.93. The Labute approximate surface area is 82.0 Å². The molecule has 0 bridgehead atoms. The van der Waals surface area contributed by atoms with Gasteiger partial charge in [0.25, 0.3) is 0 Å². The summed E-state index contributed by atoms with van der Waals surface area (Å²) < 4.78 is 16.0. The van der Waals surface area contributed by atoms with Crippen molar-refractivity contribution in [3.05, 3.63) is 18.2 Å². The summed E-state index contributed by atoms with van der Waals surface area (Å²) in [6.45, 7) is 0.314. The van der Waals surface area contributed by atoms with Crippen LogP contribution in [0, 0.1) is 0 Å². The Bertz CT molecular complexity index is 310. The highest BCUT2D eigenvalue weighted by Crippen LogP contribution is 2.39. The topological polar surface area (TPSA) is 47.9 Å². The normalized spacial score (nSPS) is 19.1. The van der Waals surface area contributed by atoms with Crippen molar-refractivity contribution in [2.45, 2.75) is 6.10 Å². The number of aliphatic hydroxyl groups excluding tert-OH is 1. The molecular weight excluding hydrogens is 184 g/mol. The van der Waals surface area contributed by atoms with E-state index in [1.165, 1.54) is 0 Å². The molecule has 1 heterocycles. The smallest absolute Gasteiger partial charge is 0.204 e. The molecule has 4 heteroatoms. The second-order valence-corrected chi connectivity index (χ2v) is 3.02. The Kier molecular flexibility index (Phi) is 2.45. The van der Waals surface area contributed by atoms with Crippen molar-refractivity contribution in [1.82, 2.24) is 0 Å². The van der Waals surface area contributed by atoms with Crippen LogP contribution in [0.3, 0.4) is 0 Å². The minimum Gasteiger partial charge on any atom is -0.493 e. The van der Waals surface area contributed by atoms with Gasteiger partial charge in [0.15, 0.2) is 17.6 Å². The molecule has 2 rings (SSSR count). The first kappa shape index (κ1) is 9.15. The lowest BCUT2D eigenvalue weighted by Gasteiger charge is -2.26. The number of benzene rings is 1.